The van der Waals surface area contributed by atoms with E-state index in [4.69, 9.17) is 22.4 Å². The van der Waals surface area contributed by atoms with E-state index in [1.807, 2.05) is 12.1 Å². The van der Waals surface area contributed by atoms with Crippen molar-refractivity contribution < 1.29 is 9.90 Å². The third-order valence-corrected chi connectivity index (χ3v) is 3.62. The molecule has 0 saturated carbocycles. The van der Waals surface area contributed by atoms with Gasteiger partial charge in [-0.05, 0) is 30.3 Å². The van der Waals surface area contributed by atoms with Crippen molar-refractivity contribution in [2.45, 2.75) is 9.79 Å². The number of anilines is 1. The first-order valence-corrected chi connectivity index (χ1v) is 6.32. The highest BCUT2D eigenvalue weighted by Gasteiger charge is 2.11. The molecule has 2 rings (SSSR count). The van der Waals surface area contributed by atoms with Crippen molar-refractivity contribution in [3.05, 3.63) is 53.1 Å². The molecule has 0 atom stereocenters. The van der Waals surface area contributed by atoms with Crippen LogP contribution >= 0.6 is 23.4 Å². The second-order valence-corrected chi connectivity index (χ2v) is 5.13. The van der Waals surface area contributed by atoms with Gasteiger partial charge in [-0.15, -0.1) is 0 Å². The molecule has 2 aromatic rings. The summed E-state index contributed by atoms with van der Waals surface area (Å²) in [6.07, 6.45) is 0. The molecule has 0 radical (unpaired) electrons. The molecule has 0 aliphatic rings. The van der Waals surface area contributed by atoms with Crippen molar-refractivity contribution in [1.29, 1.82) is 0 Å². The van der Waals surface area contributed by atoms with Crippen LogP contribution in [0.3, 0.4) is 0 Å². The summed E-state index contributed by atoms with van der Waals surface area (Å²) in [5.74, 6) is -1.03. The summed E-state index contributed by atoms with van der Waals surface area (Å²) in [5, 5.41) is 9.62. The zero-order chi connectivity index (χ0) is 13.1. The van der Waals surface area contributed by atoms with Crippen LogP contribution in [0.2, 0.25) is 5.02 Å². The number of aromatic carboxylic acids is 1. The van der Waals surface area contributed by atoms with Gasteiger partial charge >= 0.3 is 5.97 Å². The van der Waals surface area contributed by atoms with Crippen LogP contribution < -0.4 is 5.73 Å². The van der Waals surface area contributed by atoms with Gasteiger partial charge in [0, 0.05) is 14.8 Å². The summed E-state index contributed by atoms with van der Waals surface area (Å²) in [6.45, 7) is 0. The fourth-order valence-electron chi connectivity index (χ4n) is 1.48. The SMILES string of the molecule is Nc1c(Sc2cccc(Cl)c2)cccc1C(=O)O. The Morgan fingerprint density at radius 2 is 1.94 bits per heavy atom. The predicted molar refractivity (Wildman–Crippen MR) is 73.4 cm³/mol. The minimum Gasteiger partial charge on any atom is -0.478 e. The Hall–Kier alpha value is -1.65. The number of hydrogen-bond donors (Lipinski definition) is 2. The first-order chi connectivity index (χ1) is 8.58. The number of carboxylic acid groups (broad SMARTS) is 1. The van der Waals surface area contributed by atoms with E-state index in [9.17, 15) is 4.79 Å². The van der Waals surface area contributed by atoms with E-state index in [1.165, 1.54) is 17.8 Å². The highest BCUT2D eigenvalue weighted by Crippen LogP contribution is 2.34. The average molecular weight is 280 g/mol. The second-order valence-electron chi connectivity index (χ2n) is 3.58. The molecule has 0 saturated heterocycles. The topological polar surface area (TPSA) is 63.3 Å². The number of halogens is 1. The Labute approximate surface area is 114 Å². The fourth-order valence-corrected chi connectivity index (χ4v) is 2.68. The van der Waals surface area contributed by atoms with E-state index >= 15 is 0 Å². The number of para-hydroxylation sites is 1. The molecule has 0 fully saturated rings. The number of carbonyl (C=O) groups is 1. The highest BCUT2D eigenvalue weighted by molar-refractivity contribution is 7.99. The van der Waals surface area contributed by atoms with E-state index in [0.717, 1.165) is 4.90 Å². The maximum absolute atomic E-state index is 11.0. The lowest BCUT2D eigenvalue weighted by Gasteiger charge is -2.08. The molecule has 0 amide bonds. The number of rotatable bonds is 3. The van der Waals surface area contributed by atoms with Gasteiger partial charge in [0.05, 0.1) is 11.3 Å². The van der Waals surface area contributed by atoms with Crippen molar-refractivity contribution in [1.82, 2.24) is 0 Å². The minimum absolute atomic E-state index is 0.113. The number of carboxylic acids is 1. The van der Waals surface area contributed by atoms with Gasteiger partial charge in [0.15, 0.2) is 0 Å². The summed E-state index contributed by atoms with van der Waals surface area (Å²) < 4.78 is 0. The Morgan fingerprint density at radius 1 is 1.22 bits per heavy atom. The van der Waals surface area contributed by atoms with Gasteiger partial charge in [0.1, 0.15) is 0 Å². The van der Waals surface area contributed by atoms with E-state index in [2.05, 4.69) is 0 Å². The van der Waals surface area contributed by atoms with Crippen molar-refractivity contribution in [3.8, 4) is 0 Å². The first kappa shape index (κ1) is 12.8. The van der Waals surface area contributed by atoms with Crippen molar-refractivity contribution in [2.75, 3.05) is 5.73 Å². The summed E-state index contributed by atoms with van der Waals surface area (Å²) in [4.78, 5) is 12.6. The largest absolute Gasteiger partial charge is 0.478 e. The lowest BCUT2D eigenvalue weighted by Crippen LogP contribution is -2.03. The number of hydrogen-bond acceptors (Lipinski definition) is 3. The van der Waals surface area contributed by atoms with Crippen LogP contribution in [0, 0.1) is 0 Å². The quantitative estimate of drug-likeness (QED) is 0.840. The molecule has 0 aromatic heterocycles. The molecule has 5 heteroatoms. The summed E-state index contributed by atoms with van der Waals surface area (Å²) >= 11 is 7.28. The van der Waals surface area contributed by atoms with Crippen molar-refractivity contribution in [2.24, 2.45) is 0 Å². The second kappa shape index (κ2) is 5.33. The molecule has 3 N–H and O–H groups in total. The lowest BCUT2D eigenvalue weighted by atomic mass is 10.2. The Kier molecular flexibility index (Phi) is 3.79. The molecule has 92 valence electrons. The minimum atomic E-state index is -1.03. The highest BCUT2D eigenvalue weighted by atomic mass is 35.5. The van der Waals surface area contributed by atoms with E-state index in [1.54, 1.807) is 24.3 Å². The normalized spacial score (nSPS) is 10.3. The predicted octanol–water partition coefficient (Wildman–Crippen LogP) is 3.77. The lowest BCUT2D eigenvalue weighted by molar-refractivity contribution is 0.0698. The van der Waals surface area contributed by atoms with Crippen LogP contribution in [0.25, 0.3) is 0 Å². The van der Waals surface area contributed by atoms with Gasteiger partial charge in [0.25, 0.3) is 0 Å². The van der Waals surface area contributed by atoms with Crippen LogP contribution in [-0.4, -0.2) is 11.1 Å². The first-order valence-electron chi connectivity index (χ1n) is 5.13. The molecule has 0 spiro atoms. The zero-order valence-electron chi connectivity index (χ0n) is 9.26. The molecular weight excluding hydrogens is 270 g/mol. The molecule has 18 heavy (non-hydrogen) atoms. The van der Waals surface area contributed by atoms with Gasteiger partial charge in [-0.3, -0.25) is 0 Å². The molecular formula is C13H10ClNO2S. The van der Waals surface area contributed by atoms with Gasteiger partial charge in [-0.1, -0.05) is 35.5 Å². The van der Waals surface area contributed by atoms with Crippen molar-refractivity contribution in [3.63, 3.8) is 0 Å². The molecule has 0 bridgehead atoms. The Morgan fingerprint density at radius 3 is 2.61 bits per heavy atom. The van der Waals surface area contributed by atoms with Crippen molar-refractivity contribution >= 4 is 35.0 Å². The average Bonchev–Trinajstić information content (AvgIpc) is 2.31. The van der Waals surface area contributed by atoms with Gasteiger partial charge < -0.3 is 10.8 Å². The summed E-state index contributed by atoms with van der Waals surface area (Å²) in [6, 6.07) is 12.3. The van der Waals surface area contributed by atoms with Gasteiger partial charge in [-0.25, -0.2) is 4.79 Å². The Balaban J connectivity index is 2.35. The summed E-state index contributed by atoms with van der Waals surface area (Å²) in [5.41, 5.74) is 6.22. The number of benzene rings is 2. The zero-order valence-corrected chi connectivity index (χ0v) is 10.8. The van der Waals surface area contributed by atoms with Crippen LogP contribution in [0.5, 0.6) is 0 Å². The monoisotopic (exact) mass is 279 g/mol. The van der Waals surface area contributed by atoms with Crippen LogP contribution in [-0.2, 0) is 0 Å². The van der Waals surface area contributed by atoms with Crippen LogP contribution in [0.15, 0.2) is 52.3 Å². The molecule has 0 aliphatic carbocycles. The molecule has 2 aromatic carbocycles. The van der Waals surface area contributed by atoms with Crippen LogP contribution in [0.1, 0.15) is 10.4 Å². The van der Waals surface area contributed by atoms with Gasteiger partial charge in [0.2, 0.25) is 0 Å². The van der Waals surface area contributed by atoms with Crippen LogP contribution in [0.4, 0.5) is 5.69 Å². The Bertz CT molecular complexity index is 601. The van der Waals surface area contributed by atoms with Gasteiger partial charge in [-0.2, -0.15) is 0 Å². The molecule has 0 unspecified atom stereocenters. The van der Waals surface area contributed by atoms with E-state index < -0.39 is 5.97 Å². The fraction of sp³-hybridized carbons (Fsp3) is 0. The smallest absolute Gasteiger partial charge is 0.337 e. The van der Waals surface area contributed by atoms with E-state index in [-0.39, 0.29) is 11.3 Å². The summed E-state index contributed by atoms with van der Waals surface area (Å²) in [7, 11) is 0. The number of nitrogen functional groups attached to an aromatic ring is 1. The third kappa shape index (κ3) is 2.78. The maximum Gasteiger partial charge on any atom is 0.337 e. The molecule has 0 heterocycles. The third-order valence-electron chi connectivity index (χ3n) is 2.32. The standard InChI is InChI=1S/C13H10ClNO2S/c14-8-3-1-4-9(7-8)18-11-6-2-5-10(12(11)15)13(16)17/h1-7H,15H2,(H,16,17). The van der Waals surface area contributed by atoms with E-state index in [0.29, 0.717) is 9.92 Å². The molecule has 0 aliphatic heterocycles. The molecule has 3 nitrogen and oxygen atoms in total. The number of nitrogens with two attached hydrogens (primary N) is 1. The maximum atomic E-state index is 11.0.